The van der Waals surface area contributed by atoms with E-state index in [4.69, 9.17) is 4.74 Å². The van der Waals surface area contributed by atoms with Crippen molar-refractivity contribution in [2.75, 3.05) is 6.61 Å². The fraction of sp³-hybridized carbons (Fsp3) is 0.429. The Balaban J connectivity index is 2.49. The molecule has 0 amide bonds. The topological polar surface area (TPSA) is 43.4 Å². The summed E-state index contributed by atoms with van der Waals surface area (Å²) in [5, 5.41) is 0. The number of Topliss-reactive ketones (excluding diaryl/α,β-unsaturated/α-hetero) is 1. The summed E-state index contributed by atoms with van der Waals surface area (Å²) >= 11 is 3.29. The maximum Gasteiger partial charge on any atom is 0.306 e. The Bertz CT molecular complexity index is 447. The molecule has 98 valence electrons. The van der Waals surface area contributed by atoms with Crippen molar-refractivity contribution in [2.24, 2.45) is 5.41 Å². The zero-order valence-electron chi connectivity index (χ0n) is 10.8. The first-order valence-corrected chi connectivity index (χ1v) is 6.52. The van der Waals surface area contributed by atoms with Crippen molar-refractivity contribution in [3.8, 4) is 0 Å². The lowest BCUT2D eigenvalue weighted by Crippen LogP contribution is -2.19. The molecule has 0 aliphatic rings. The van der Waals surface area contributed by atoms with Gasteiger partial charge in [0.2, 0.25) is 0 Å². The highest BCUT2D eigenvalue weighted by molar-refractivity contribution is 9.10. The number of hydrogen-bond acceptors (Lipinski definition) is 3. The predicted octanol–water partition coefficient (Wildman–Crippen LogP) is 3.61. The fourth-order valence-corrected chi connectivity index (χ4v) is 1.77. The summed E-state index contributed by atoms with van der Waals surface area (Å²) in [6, 6.07) is 7.02. The minimum absolute atomic E-state index is 0.129. The molecule has 0 atom stereocenters. The highest BCUT2D eigenvalue weighted by Gasteiger charge is 2.18. The largest absolute Gasteiger partial charge is 0.457 e. The van der Waals surface area contributed by atoms with Gasteiger partial charge < -0.3 is 4.74 Å². The first-order valence-electron chi connectivity index (χ1n) is 5.72. The Morgan fingerprint density at radius 1 is 1.28 bits per heavy atom. The van der Waals surface area contributed by atoms with Crippen molar-refractivity contribution in [1.29, 1.82) is 0 Å². The molecule has 0 saturated carbocycles. The van der Waals surface area contributed by atoms with Crippen molar-refractivity contribution in [1.82, 2.24) is 0 Å². The van der Waals surface area contributed by atoms with Gasteiger partial charge in [-0.15, -0.1) is 0 Å². The predicted molar refractivity (Wildman–Crippen MR) is 73.5 cm³/mol. The monoisotopic (exact) mass is 312 g/mol. The molecule has 0 heterocycles. The molecule has 0 N–H and O–H groups in total. The number of carbonyl (C=O) groups excluding carboxylic acids is 2. The Labute approximate surface area is 116 Å². The Kier molecular flexibility index (Phi) is 5.08. The van der Waals surface area contributed by atoms with Gasteiger partial charge in [0, 0.05) is 10.0 Å². The van der Waals surface area contributed by atoms with Crippen LogP contribution in [-0.2, 0) is 9.53 Å². The average molecular weight is 313 g/mol. The molecule has 1 aromatic carbocycles. The highest BCUT2D eigenvalue weighted by Crippen LogP contribution is 2.19. The molecule has 1 rings (SSSR count). The third kappa shape index (κ3) is 5.45. The van der Waals surface area contributed by atoms with Crippen LogP contribution in [0.5, 0.6) is 0 Å². The van der Waals surface area contributed by atoms with Gasteiger partial charge >= 0.3 is 5.97 Å². The normalized spacial score (nSPS) is 11.1. The van der Waals surface area contributed by atoms with Gasteiger partial charge in [0.15, 0.2) is 12.4 Å². The van der Waals surface area contributed by atoms with E-state index >= 15 is 0 Å². The Morgan fingerprint density at radius 3 is 2.50 bits per heavy atom. The lowest BCUT2D eigenvalue weighted by Gasteiger charge is -2.16. The van der Waals surface area contributed by atoms with Gasteiger partial charge in [0.25, 0.3) is 0 Å². The summed E-state index contributed by atoms with van der Waals surface area (Å²) in [5.74, 6) is -0.538. The molecule has 3 nitrogen and oxygen atoms in total. The maximum absolute atomic E-state index is 11.8. The van der Waals surface area contributed by atoms with Crippen LogP contribution in [0.4, 0.5) is 0 Å². The standard InChI is InChI=1S/C14H17BrO3/c1-14(2,3)8-13(17)18-9-12(16)10-5-4-6-11(15)7-10/h4-7H,8-9H2,1-3H3. The Hall–Kier alpha value is -1.16. The van der Waals surface area contributed by atoms with Gasteiger partial charge in [-0.25, -0.2) is 0 Å². The van der Waals surface area contributed by atoms with E-state index in [1.54, 1.807) is 18.2 Å². The number of hydrogen-bond donors (Lipinski definition) is 0. The highest BCUT2D eigenvalue weighted by atomic mass is 79.9. The smallest absolute Gasteiger partial charge is 0.306 e. The molecule has 0 fully saturated rings. The van der Waals surface area contributed by atoms with E-state index in [-0.39, 0.29) is 23.8 Å². The van der Waals surface area contributed by atoms with Crippen LogP contribution < -0.4 is 0 Å². The SMILES string of the molecule is CC(C)(C)CC(=O)OCC(=O)c1cccc(Br)c1. The van der Waals surface area contributed by atoms with Crippen LogP contribution in [0, 0.1) is 5.41 Å². The van der Waals surface area contributed by atoms with E-state index < -0.39 is 0 Å². The lowest BCUT2D eigenvalue weighted by molar-refractivity contribution is -0.144. The van der Waals surface area contributed by atoms with Gasteiger partial charge in [0.1, 0.15) is 0 Å². The van der Waals surface area contributed by atoms with Gasteiger partial charge in [-0.05, 0) is 17.5 Å². The first-order chi connectivity index (χ1) is 8.28. The number of esters is 1. The third-order valence-electron chi connectivity index (χ3n) is 2.19. The molecule has 0 aromatic heterocycles. The van der Waals surface area contributed by atoms with E-state index in [0.29, 0.717) is 12.0 Å². The second kappa shape index (κ2) is 6.14. The van der Waals surface area contributed by atoms with Crippen molar-refractivity contribution < 1.29 is 14.3 Å². The minimum atomic E-state index is -0.342. The average Bonchev–Trinajstić information content (AvgIpc) is 2.23. The summed E-state index contributed by atoms with van der Waals surface area (Å²) in [4.78, 5) is 23.2. The third-order valence-corrected chi connectivity index (χ3v) is 2.68. The number of ether oxygens (including phenoxy) is 1. The van der Waals surface area contributed by atoms with Crippen molar-refractivity contribution in [3.63, 3.8) is 0 Å². The van der Waals surface area contributed by atoms with Gasteiger partial charge in [-0.1, -0.05) is 48.8 Å². The summed E-state index contributed by atoms with van der Waals surface area (Å²) in [6.45, 7) is 5.64. The second-order valence-corrected chi connectivity index (χ2v) is 6.25. The quantitative estimate of drug-likeness (QED) is 0.630. The summed E-state index contributed by atoms with van der Waals surface area (Å²) in [5.41, 5.74) is 0.406. The van der Waals surface area contributed by atoms with Gasteiger partial charge in [0.05, 0.1) is 6.42 Å². The molecular weight excluding hydrogens is 296 g/mol. The zero-order valence-corrected chi connectivity index (χ0v) is 12.4. The van der Waals surface area contributed by atoms with Crippen LogP contribution in [0.25, 0.3) is 0 Å². The number of carbonyl (C=O) groups is 2. The molecular formula is C14H17BrO3. The minimum Gasteiger partial charge on any atom is -0.457 e. The van der Waals surface area contributed by atoms with Crippen LogP contribution in [0.2, 0.25) is 0 Å². The molecule has 18 heavy (non-hydrogen) atoms. The fourth-order valence-electron chi connectivity index (χ4n) is 1.38. The number of halogens is 1. The molecule has 1 aromatic rings. The molecule has 0 saturated heterocycles. The van der Waals surface area contributed by atoms with E-state index in [2.05, 4.69) is 15.9 Å². The lowest BCUT2D eigenvalue weighted by atomic mass is 9.92. The number of benzene rings is 1. The molecule has 0 bridgehead atoms. The molecule has 4 heteroatoms. The van der Waals surface area contributed by atoms with E-state index in [1.807, 2.05) is 26.8 Å². The van der Waals surface area contributed by atoms with Crippen molar-refractivity contribution >= 4 is 27.7 Å². The van der Waals surface area contributed by atoms with E-state index in [0.717, 1.165) is 4.47 Å². The first kappa shape index (κ1) is 14.9. The molecule has 0 unspecified atom stereocenters. The Morgan fingerprint density at radius 2 is 1.94 bits per heavy atom. The van der Waals surface area contributed by atoms with Crippen LogP contribution >= 0.6 is 15.9 Å². The zero-order chi connectivity index (χ0) is 13.8. The van der Waals surface area contributed by atoms with E-state index in [9.17, 15) is 9.59 Å². The molecule has 0 radical (unpaired) electrons. The van der Waals surface area contributed by atoms with Crippen molar-refractivity contribution in [3.05, 3.63) is 34.3 Å². The van der Waals surface area contributed by atoms with Crippen LogP contribution in [0.15, 0.2) is 28.7 Å². The maximum atomic E-state index is 11.8. The molecule has 0 aliphatic heterocycles. The summed E-state index contributed by atoms with van der Waals surface area (Å²) in [7, 11) is 0. The van der Waals surface area contributed by atoms with Crippen molar-refractivity contribution in [2.45, 2.75) is 27.2 Å². The van der Waals surface area contributed by atoms with Gasteiger partial charge in [-0.3, -0.25) is 9.59 Å². The molecule has 0 spiro atoms. The molecule has 0 aliphatic carbocycles. The summed E-state index contributed by atoms with van der Waals surface area (Å²) in [6.07, 6.45) is 0.304. The number of rotatable bonds is 4. The van der Waals surface area contributed by atoms with Gasteiger partial charge in [-0.2, -0.15) is 0 Å². The van der Waals surface area contributed by atoms with Crippen LogP contribution in [-0.4, -0.2) is 18.4 Å². The summed E-state index contributed by atoms with van der Waals surface area (Å²) < 4.78 is 5.80. The number of ketones is 1. The second-order valence-electron chi connectivity index (χ2n) is 5.33. The van der Waals surface area contributed by atoms with Crippen LogP contribution in [0.1, 0.15) is 37.6 Å². The van der Waals surface area contributed by atoms with Crippen LogP contribution in [0.3, 0.4) is 0 Å². The van der Waals surface area contributed by atoms with E-state index in [1.165, 1.54) is 0 Å².